The average molecular weight is 367 g/mol. The standard InChI is InChI=1S/C23H30N2O2/c1-3-22(26)27-23(20-10-6-4-7-11-20)14-16-25(18-19(23)2)17-15-24-21-12-8-5-9-13-21/h4-13,19,24H,3,14-18H2,1-2H3. The van der Waals surface area contributed by atoms with Gasteiger partial charge in [0.25, 0.3) is 0 Å². The first-order valence-corrected chi connectivity index (χ1v) is 9.92. The van der Waals surface area contributed by atoms with Crippen LogP contribution in [-0.4, -0.2) is 37.0 Å². The summed E-state index contributed by atoms with van der Waals surface area (Å²) in [5.41, 5.74) is 1.75. The van der Waals surface area contributed by atoms with E-state index in [2.05, 4.69) is 41.4 Å². The Morgan fingerprint density at radius 3 is 2.44 bits per heavy atom. The van der Waals surface area contributed by atoms with Gasteiger partial charge in [0.15, 0.2) is 0 Å². The molecular weight excluding hydrogens is 336 g/mol. The van der Waals surface area contributed by atoms with Crippen LogP contribution in [0.5, 0.6) is 0 Å². The molecule has 4 nitrogen and oxygen atoms in total. The lowest BCUT2D eigenvalue weighted by Crippen LogP contribution is -2.52. The van der Waals surface area contributed by atoms with Gasteiger partial charge in [-0.1, -0.05) is 62.4 Å². The third kappa shape index (κ3) is 4.69. The first kappa shape index (κ1) is 19.4. The predicted octanol–water partition coefficient (Wildman–Crippen LogP) is 4.29. The molecule has 2 atom stereocenters. The van der Waals surface area contributed by atoms with Gasteiger partial charge in [-0.3, -0.25) is 4.79 Å². The van der Waals surface area contributed by atoms with Crippen molar-refractivity contribution >= 4 is 11.7 Å². The smallest absolute Gasteiger partial charge is 0.306 e. The van der Waals surface area contributed by atoms with E-state index in [-0.39, 0.29) is 11.9 Å². The van der Waals surface area contributed by atoms with Gasteiger partial charge >= 0.3 is 5.97 Å². The molecule has 0 saturated carbocycles. The molecule has 4 heteroatoms. The molecule has 0 amide bonds. The minimum absolute atomic E-state index is 0.120. The zero-order chi connectivity index (χ0) is 19.1. The van der Waals surface area contributed by atoms with Crippen LogP contribution < -0.4 is 5.32 Å². The normalized spacial score (nSPS) is 23.0. The fourth-order valence-corrected chi connectivity index (χ4v) is 3.95. The lowest BCUT2D eigenvalue weighted by atomic mass is 9.76. The highest BCUT2D eigenvalue weighted by atomic mass is 16.6. The molecular formula is C23H30N2O2. The number of carbonyl (C=O) groups is 1. The molecule has 0 spiro atoms. The molecule has 0 aliphatic carbocycles. The van der Waals surface area contributed by atoms with Gasteiger partial charge in [0.2, 0.25) is 0 Å². The van der Waals surface area contributed by atoms with E-state index in [0.717, 1.165) is 43.9 Å². The number of nitrogens with one attached hydrogen (secondary N) is 1. The molecule has 0 bridgehead atoms. The van der Waals surface area contributed by atoms with Crippen molar-refractivity contribution in [3.05, 3.63) is 66.2 Å². The SMILES string of the molecule is CCC(=O)OC1(c2ccccc2)CCN(CCNc2ccccc2)CC1C. The van der Waals surface area contributed by atoms with Crippen molar-refractivity contribution in [2.45, 2.75) is 32.3 Å². The second kappa shape index (κ2) is 9.05. The second-order valence-electron chi connectivity index (χ2n) is 7.33. The van der Waals surface area contributed by atoms with Crippen LogP contribution in [-0.2, 0) is 15.1 Å². The molecule has 1 fully saturated rings. The molecule has 1 heterocycles. The molecule has 0 radical (unpaired) electrons. The van der Waals surface area contributed by atoms with E-state index in [1.165, 1.54) is 0 Å². The Labute approximate surface area is 162 Å². The van der Waals surface area contributed by atoms with E-state index < -0.39 is 5.60 Å². The summed E-state index contributed by atoms with van der Waals surface area (Å²) in [5, 5.41) is 3.47. The van der Waals surface area contributed by atoms with Crippen LogP contribution in [0.3, 0.4) is 0 Å². The van der Waals surface area contributed by atoms with E-state index in [9.17, 15) is 4.79 Å². The third-order valence-corrected chi connectivity index (χ3v) is 5.51. The summed E-state index contributed by atoms with van der Waals surface area (Å²) in [5.74, 6) is 0.116. The zero-order valence-corrected chi connectivity index (χ0v) is 16.4. The topological polar surface area (TPSA) is 41.6 Å². The first-order valence-electron chi connectivity index (χ1n) is 9.92. The molecule has 1 N–H and O–H groups in total. The molecule has 2 unspecified atom stereocenters. The lowest BCUT2D eigenvalue weighted by molar-refractivity contribution is -0.175. The summed E-state index contributed by atoms with van der Waals surface area (Å²) in [6, 6.07) is 20.5. The van der Waals surface area contributed by atoms with Crippen LogP contribution in [0.15, 0.2) is 60.7 Å². The van der Waals surface area contributed by atoms with Crippen LogP contribution in [0.4, 0.5) is 5.69 Å². The lowest BCUT2D eigenvalue weighted by Gasteiger charge is -2.46. The summed E-state index contributed by atoms with van der Waals surface area (Å²) in [4.78, 5) is 14.6. The molecule has 1 saturated heterocycles. The Hall–Kier alpha value is -2.33. The minimum atomic E-state index is -0.516. The van der Waals surface area contributed by atoms with E-state index in [0.29, 0.717) is 6.42 Å². The highest BCUT2D eigenvalue weighted by Gasteiger charge is 2.45. The number of piperidine rings is 1. The molecule has 3 rings (SSSR count). The molecule has 144 valence electrons. The van der Waals surface area contributed by atoms with Gasteiger partial charge in [-0.15, -0.1) is 0 Å². The van der Waals surface area contributed by atoms with Crippen molar-refractivity contribution in [3.63, 3.8) is 0 Å². The summed E-state index contributed by atoms with van der Waals surface area (Å²) in [6.45, 7) is 7.79. The molecule has 27 heavy (non-hydrogen) atoms. The maximum absolute atomic E-state index is 12.2. The molecule has 2 aromatic carbocycles. The van der Waals surface area contributed by atoms with Crippen LogP contribution in [0.2, 0.25) is 0 Å². The Kier molecular flexibility index (Phi) is 6.51. The largest absolute Gasteiger partial charge is 0.454 e. The number of ether oxygens (including phenoxy) is 1. The highest BCUT2D eigenvalue weighted by Crippen LogP contribution is 2.41. The quantitative estimate of drug-likeness (QED) is 0.742. The number of esters is 1. The molecule has 1 aliphatic rings. The number of benzene rings is 2. The predicted molar refractivity (Wildman–Crippen MR) is 110 cm³/mol. The number of hydrogen-bond acceptors (Lipinski definition) is 4. The minimum Gasteiger partial charge on any atom is -0.454 e. The van der Waals surface area contributed by atoms with Gasteiger partial charge < -0.3 is 15.0 Å². The number of likely N-dealkylation sites (tertiary alicyclic amines) is 1. The molecule has 1 aliphatic heterocycles. The number of para-hydroxylation sites is 1. The first-order chi connectivity index (χ1) is 13.1. The van der Waals surface area contributed by atoms with Gasteiger partial charge in [-0.2, -0.15) is 0 Å². The number of rotatable bonds is 7. The Morgan fingerprint density at radius 1 is 1.15 bits per heavy atom. The Bertz CT molecular complexity index is 720. The Balaban J connectivity index is 1.64. The van der Waals surface area contributed by atoms with Crippen LogP contribution in [0.1, 0.15) is 32.3 Å². The monoisotopic (exact) mass is 366 g/mol. The van der Waals surface area contributed by atoms with Gasteiger partial charge in [0.05, 0.1) is 0 Å². The summed E-state index contributed by atoms with van der Waals surface area (Å²) in [6.07, 6.45) is 1.24. The van der Waals surface area contributed by atoms with Crippen LogP contribution >= 0.6 is 0 Å². The van der Waals surface area contributed by atoms with E-state index in [1.807, 2.05) is 43.3 Å². The number of nitrogens with zero attached hydrogens (tertiary/aromatic N) is 1. The van der Waals surface area contributed by atoms with Crippen LogP contribution in [0, 0.1) is 5.92 Å². The van der Waals surface area contributed by atoms with Crippen molar-refractivity contribution < 1.29 is 9.53 Å². The van der Waals surface area contributed by atoms with E-state index in [1.54, 1.807) is 0 Å². The van der Waals surface area contributed by atoms with Gasteiger partial charge in [-0.25, -0.2) is 0 Å². The van der Waals surface area contributed by atoms with Crippen molar-refractivity contribution in [2.75, 3.05) is 31.5 Å². The van der Waals surface area contributed by atoms with Gasteiger partial charge in [-0.05, 0) is 17.7 Å². The maximum Gasteiger partial charge on any atom is 0.306 e. The molecule has 0 aromatic heterocycles. The third-order valence-electron chi connectivity index (χ3n) is 5.51. The van der Waals surface area contributed by atoms with Crippen molar-refractivity contribution in [2.24, 2.45) is 5.92 Å². The van der Waals surface area contributed by atoms with Crippen LogP contribution in [0.25, 0.3) is 0 Å². The molecule has 2 aromatic rings. The maximum atomic E-state index is 12.2. The van der Waals surface area contributed by atoms with Gasteiger partial charge in [0, 0.05) is 50.6 Å². The summed E-state index contributed by atoms with van der Waals surface area (Å²) >= 11 is 0. The summed E-state index contributed by atoms with van der Waals surface area (Å²) in [7, 11) is 0. The second-order valence-corrected chi connectivity index (χ2v) is 7.33. The number of carbonyl (C=O) groups excluding carboxylic acids is 1. The number of anilines is 1. The van der Waals surface area contributed by atoms with Gasteiger partial charge in [0.1, 0.15) is 5.60 Å². The number of hydrogen-bond donors (Lipinski definition) is 1. The van der Waals surface area contributed by atoms with Crippen molar-refractivity contribution in [1.82, 2.24) is 4.90 Å². The highest BCUT2D eigenvalue weighted by molar-refractivity contribution is 5.69. The average Bonchev–Trinajstić information content (AvgIpc) is 2.71. The fourth-order valence-electron chi connectivity index (χ4n) is 3.95. The fraction of sp³-hybridized carbons (Fsp3) is 0.435. The Morgan fingerprint density at radius 2 is 1.81 bits per heavy atom. The van der Waals surface area contributed by atoms with E-state index in [4.69, 9.17) is 4.74 Å². The van der Waals surface area contributed by atoms with Crippen molar-refractivity contribution in [3.8, 4) is 0 Å². The summed E-state index contributed by atoms with van der Waals surface area (Å²) < 4.78 is 6.07. The van der Waals surface area contributed by atoms with E-state index >= 15 is 0 Å². The zero-order valence-electron chi connectivity index (χ0n) is 16.4. The van der Waals surface area contributed by atoms with Crippen molar-refractivity contribution in [1.29, 1.82) is 0 Å².